The molecule has 0 atom stereocenters. The highest BCUT2D eigenvalue weighted by Crippen LogP contribution is 2.15. The van der Waals surface area contributed by atoms with Gasteiger partial charge in [0.1, 0.15) is 5.58 Å². The van der Waals surface area contributed by atoms with Gasteiger partial charge in [0.2, 0.25) is 0 Å². The molecule has 3 heteroatoms. The monoisotopic (exact) mass is 211 g/mol. The summed E-state index contributed by atoms with van der Waals surface area (Å²) in [6.45, 7) is 0. The van der Waals surface area contributed by atoms with E-state index in [0.717, 1.165) is 11.1 Å². The maximum Gasteiger partial charge on any atom is 0.345 e. The van der Waals surface area contributed by atoms with E-state index in [1.165, 1.54) is 0 Å². The third kappa shape index (κ3) is 1.37. The maximum absolute atomic E-state index is 11.7. The van der Waals surface area contributed by atoms with Gasteiger partial charge >= 0.3 is 5.63 Å². The molecule has 0 spiro atoms. The van der Waals surface area contributed by atoms with Crippen LogP contribution in [0.5, 0.6) is 0 Å². The van der Waals surface area contributed by atoms with Gasteiger partial charge in [-0.1, -0.05) is 24.3 Å². The van der Waals surface area contributed by atoms with Crippen LogP contribution in [0.3, 0.4) is 0 Å². The number of aliphatic imine (C=N–C) groups is 1. The van der Waals surface area contributed by atoms with Gasteiger partial charge < -0.3 is 4.42 Å². The molecular formula is C13H9NO2. The summed E-state index contributed by atoms with van der Waals surface area (Å²) in [5, 5.41) is 0.923. The van der Waals surface area contributed by atoms with Gasteiger partial charge in [0.05, 0.1) is 11.3 Å². The molecule has 1 aromatic carbocycles. The molecule has 0 bridgehead atoms. The van der Waals surface area contributed by atoms with Crippen molar-refractivity contribution >= 4 is 16.7 Å². The van der Waals surface area contributed by atoms with Crippen LogP contribution in [0.15, 0.2) is 56.8 Å². The second-order valence-corrected chi connectivity index (χ2v) is 3.65. The predicted octanol–water partition coefficient (Wildman–Crippen LogP) is 2.50. The van der Waals surface area contributed by atoms with Crippen LogP contribution < -0.4 is 5.63 Å². The zero-order valence-electron chi connectivity index (χ0n) is 8.51. The van der Waals surface area contributed by atoms with Crippen molar-refractivity contribution < 1.29 is 4.42 Å². The normalized spacial score (nSPS) is 14.4. The Morgan fingerprint density at radius 3 is 2.94 bits per heavy atom. The van der Waals surface area contributed by atoms with Gasteiger partial charge in [-0.25, -0.2) is 4.79 Å². The number of hydrogen-bond acceptors (Lipinski definition) is 3. The van der Waals surface area contributed by atoms with Crippen molar-refractivity contribution in [3.8, 4) is 0 Å². The van der Waals surface area contributed by atoms with Crippen LogP contribution in [0, 0.1) is 0 Å². The fourth-order valence-electron chi connectivity index (χ4n) is 1.80. The van der Waals surface area contributed by atoms with Crippen LogP contribution in [0.4, 0.5) is 0 Å². The van der Waals surface area contributed by atoms with E-state index in [0.29, 0.717) is 17.6 Å². The second kappa shape index (κ2) is 3.45. The van der Waals surface area contributed by atoms with Gasteiger partial charge in [-0.2, -0.15) is 0 Å². The summed E-state index contributed by atoms with van der Waals surface area (Å²) in [6, 6.07) is 9.31. The molecule has 0 amide bonds. The molecule has 16 heavy (non-hydrogen) atoms. The molecule has 2 heterocycles. The average Bonchev–Trinajstić information content (AvgIpc) is 2.81. The number of fused-ring (bicyclic) bond motifs is 1. The first kappa shape index (κ1) is 9.09. The summed E-state index contributed by atoms with van der Waals surface area (Å²) < 4.78 is 5.24. The van der Waals surface area contributed by atoms with Crippen molar-refractivity contribution in [2.75, 3.05) is 0 Å². The summed E-state index contributed by atoms with van der Waals surface area (Å²) in [7, 11) is 0. The van der Waals surface area contributed by atoms with E-state index in [-0.39, 0.29) is 5.63 Å². The first-order chi connectivity index (χ1) is 7.84. The van der Waals surface area contributed by atoms with Crippen molar-refractivity contribution in [2.24, 2.45) is 4.99 Å². The summed E-state index contributed by atoms with van der Waals surface area (Å²) in [5.74, 6) is 0. The van der Waals surface area contributed by atoms with Crippen molar-refractivity contribution in [2.45, 2.75) is 6.42 Å². The zero-order valence-corrected chi connectivity index (χ0v) is 8.51. The third-order valence-corrected chi connectivity index (χ3v) is 2.60. The number of para-hydroxylation sites is 1. The highest BCUT2D eigenvalue weighted by molar-refractivity contribution is 6.04. The number of allylic oxidation sites excluding steroid dienone is 1. The van der Waals surface area contributed by atoms with E-state index in [4.69, 9.17) is 4.42 Å². The van der Waals surface area contributed by atoms with Crippen LogP contribution in [0.1, 0.15) is 12.0 Å². The van der Waals surface area contributed by atoms with E-state index >= 15 is 0 Å². The van der Waals surface area contributed by atoms with Crippen molar-refractivity contribution in [1.29, 1.82) is 0 Å². The Morgan fingerprint density at radius 2 is 2.12 bits per heavy atom. The molecule has 0 aliphatic carbocycles. The lowest BCUT2D eigenvalue weighted by atomic mass is 10.1. The number of rotatable bonds is 1. The van der Waals surface area contributed by atoms with Crippen molar-refractivity contribution in [3.63, 3.8) is 0 Å². The molecule has 0 saturated carbocycles. The van der Waals surface area contributed by atoms with E-state index < -0.39 is 0 Å². The van der Waals surface area contributed by atoms with Crippen LogP contribution in [-0.4, -0.2) is 5.71 Å². The Hall–Kier alpha value is -2.16. The van der Waals surface area contributed by atoms with Crippen molar-refractivity contribution in [3.05, 3.63) is 58.6 Å². The molecule has 1 aromatic heterocycles. The molecule has 0 saturated heterocycles. The molecule has 1 aliphatic heterocycles. The van der Waals surface area contributed by atoms with E-state index in [1.807, 2.05) is 30.3 Å². The standard InChI is InChI=1S/C13H9NO2/c15-13-10(11-5-3-7-14-11)8-9-4-1-2-6-12(9)16-13/h1-4,6-8H,5H2. The Bertz CT molecular complexity index is 665. The van der Waals surface area contributed by atoms with Crippen LogP contribution in [0.2, 0.25) is 0 Å². The van der Waals surface area contributed by atoms with Crippen molar-refractivity contribution in [1.82, 2.24) is 0 Å². The number of nitrogens with zero attached hydrogens (tertiary/aromatic N) is 1. The smallest absolute Gasteiger partial charge is 0.345 e. The Balaban J connectivity index is 2.26. The second-order valence-electron chi connectivity index (χ2n) is 3.65. The van der Waals surface area contributed by atoms with E-state index in [9.17, 15) is 4.79 Å². The highest BCUT2D eigenvalue weighted by atomic mass is 16.4. The first-order valence-corrected chi connectivity index (χ1v) is 5.09. The highest BCUT2D eigenvalue weighted by Gasteiger charge is 2.12. The van der Waals surface area contributed by atoms with Gasteiger partial charge in [0, 0.05) is 18.0 Å². The Kier molecular flexibility index (Phi) is 1.96. The minimum absolute atomic E-state index is 0.318. The average molecular weight is 211 g/mol. The minimum atomic E-state index is -0.318. The lowest BCUT2D eigenvalue weighted by Gasteiger charge is -2.00. The van der Waals surface area contributed by atoms with E-state index in [2.05, 4.69) is 4.99 Å². The SMILES string of the molecule is O=c1oc2ccccc2cc1C1=NC=CC1. The number of benzene rings is 1. The number of hydrogen-bond donors (Lipinski definition) is 0. The Labute approximate surface area is 91.7 Å². The van der Waals surface area contributed by atoms with Crippen LogP contribution in [0.25, 0.3) is 11.0 Å². The van der Waals surface area contributed by atoms with Gasteiger partial charge in [0.15, 0.2) is 0 Å². The fourth-order valence-corrected chi connectivity index (χ4v) is 1.80. The summed E-state index contributed by atoms with van der Waals surface area (Å²) in [4.78, 5) is 15.9. The van der Waals surface area contributed by atoms with Gasteiger partial charge in [-0.3, -0.25) is 4.99 Å². The maximum atomic E-state index is 11.7. The zero-order chi connectivity index (χ0) is 11.0. The quantitative estimate of drug-likeness (QED) is 0.680. The topological polar surface area (TPSA) is 42.6 Å². The molecule has 3 nitrogen and oxygen atoms in total. The lowest BCUT2D eigenvalue weighted by Crippen LogP contribution is -2.12. The third-order valence-electron chi connectivity index (χ3n) is 2.60. The molecule has 1 aliphatic rings. The first-order valence-electron chi connectivity index (χ1n) is 5.09. The molecule has 78 valence electrons. The molecule has 0 radical (unpaired) electrons. The van der Waals surface area contributed by atoms with Crippen LogP contribution in [-0.2, 0) is 0 Å². The minimum Gasteiger partial charge on any atom is -0.422 e. The molecule has 0 N–H and O–H groups in total. The predicted molar refractivity (Wildman–Crippen MR) is 62.8 cm³/mol. The van der Waals surface area contributed by atoms with Gasteiger partial charge in [-0.05, 0) is 12.1 Å². The van der Waals surface area contributed by atoms with E-state index in [1.54, 1.807) is 12.3 Å². The largest absolute Gasteiger partial charge is 0.422 e. The fraction of sp³-hybridized carbons (Fsp3) is 0.0769. The molecule has 0 unspecified atom stereocenters. The molecular weight excluding hydrogens is 202 g/mol. The Morgan fingerprint density at radius 1 is 1.25 bits per heavy atom. The molecule has 3 rings (SSSR count). The van der Waals surface area contributed by atoms with Crippen LogP contribution >= 0.6 is 0 Å². The summed E-state index contributed by atoms with van der Waals surface area (Å²) in [5.41, 5.74) is 1.63. The van der Waals surface area contributed by atoms with Gasteiger partial charge in [0.25, 0.3) is 0 Å². The molecule has 2 aromatic rings. The van der Waals surface area contributed by atoms with Gasteiger partial charge in [-0.15, -0.1) is 0 Å². The molecule has 0 fully saturated rings. The lowest BCUT2D eigenvalue weighted by molar-refractivity contribution is 0.559. The summed E-state index contributed by atoms with van der Waals surface area (Å²) in [6.07, 6.45) is 4.33. The summed E-state index contributed by atoms with van der Waals surface area (Å²) >= 11 is 0.